The van der Waals surface area contributed by atoms with Crippen molar-refractivity contribution in [3.63, 3.8) is 0 Å². The molecule has 4 nitrogen and oxygen atoms in total. The van der Waals surface area contributed by atoms with E-state index in [0.717, 1.165) is 17.8 Å². The third-order valence-corrected chi connectivity index (χ3v) is 3.39. The average molecular weight is 269 g/mol. The molecule has 0 aromatic heterocycles. The van der Waals surface area contributed by atoms with Crippen LogP contribution in [0.25, 0.3) is 0 Å². The van der Waals surface area contributed by atoms with Crippen molar-refractivity contribution in [3.8, 4) is 0 Å². The number of rotatable bonds is 3. The maximum atomic E-state index is 12.3. The molecule has 5 heteroatoms. The number of hydrogen-bond acceptors (Lipinski definition) is 3. The molecule has 1 amide bonds. The topological polar surface area (TPSA) is 52.6 Å². The Morgan fingerprint density at radius 2 is 2.33 bits per heavy atom. The summed E-state index contributed by atoms with van der Waals surface area (Å²) >= 11 is 5.92. The Bertz CT molecular complexity index is 449. The van der Waals surface area contributed by atoms with Gasteiger partial charge >= 0.3 is 0 Å². The molecule has 18 heavy (non-hydrogen) atoms. The van der Waals surface area contributed by atoms with Crippen molar-refractivity contribution in [1.29, 1.82) is 0 Å². The van der Waals surface area contributed by atoms with Gasteiger partial charge in [0.2, 0.25) is 5.91 Å². The summed E-state index contributed by atoms with van der Waals surface area (Å²) in [6.07, 6.45) is 0.446. The summed E-state index contributed by atoms with van der Waals surface area (Å²) in [5, 5.41) is 12.8. The van der Waals surface area contributed by atoms with Gasteiger partial charge in [0.25, 0.3) is 0 Å². The molecule has 1 fully saturated rings. The van der Waals surface area contributed by atoms with Crippen LogP contribution < -0.4 is 10.2 Å². The Balaban J connectivity index is 2.24. The van der Waals surface area contributed by atoms with E-state index >= 15 is 0 Å². The van der Waals surface area contributed by atoms with Crippen LogP contribution in [0.15, 0.2) is 18.2 Å². The summed E-state index contributed by atoms with van der Waals surface area (Å²) in [6.45, 7) is 3.33. The Hall–Kier alpha value is -1.10. The molecule has 1 heterocycles. The van der Waals surface area contributed by atoms with Crippen LogP contribution >= 0.6 is 11.6 Å². The van der Waals surface area contributed by atoms with E-state index in [-0.39, 0.29) is 18.6 Å². The maximum absolute atomic E-state index is 12.3. The van der Waals surface area contributed by atoms with E-state index in [1.54, 1.807) is 11.0 Å². The van der Waals surface area contributed by atoms with Crippen molar-refractivity contribution >= 4 is 23.2 Å². The minimum Gasteiger partial charge on any atom is -0.396 e. The zero-order valence-electron chi connectivity index (χ0n) is 10.3. The number of aryl methyl sites for hydroxylation is 1. The van der Waals surface area contributed by atoms with E-state index in [4.69, 9.17) is 16.7 Å². The molecule has 1 aliphatic rings. The molecule has 0 aliphatic carbocycles. The van der Waals surface area contributed by atoms with E-state index in [9.17, 15) is 4.79 Å². The summed E-state index contributed by atoms with van der Waals surface area (Å²) in [4.78, 5) is 14.0. The molecule has 1 aromatic carbocycles. The molecule has 1 atom stereocenters. The van der Waals surface area contributed by atoms with Gasteiger partial charge in [0, 0.05) is 30.4 Å². The van der Waals surface area contributed by atoms with Crippen LogP contribution in [0.2, 0.25) is 5.02 Å². The van der Waals surface area contributed by atoms with Crippen molar-refractivity contribution in [1.82, 2.24) is 5.32 Å². The van der Waals surface area contributed by atoms with Gasteiger partial charge in [-0.3, -0.25) is 4.79 Å². The highest BCUT2D eigenvalue weighted by Crippen LogP contribution is 2.25. The van der Waals surface area contributed by atoms with Gasteiger partial charge in [0.05, 0.1) is 6.04 Å². The molecule has 1 unspecified atom stereocenters. The Morgan fingerprint density at radius 1 is 1.56 bits per heavy atom. The van der Waals surface area contributed by atoms with Gasteiger partial charge in [-0.1, -0.05) is 11.6 Å². The number of carbonyl (C=O) groups excluding carboxylic acids is 1. The number of hydrogen-bond donors (Lipinski definition) is 2. The first kappa shape index (κ1) is 13.3. The van der Waals surface area contributed by atoms with Crippen LogP contribution in [-0.4, -0.2) is 36.8 Å². The van der Waals surface area contributed by atoms with Crippen LogP contribution in [0.1, 0.15) is 12.0 Å². The van der Waals surface area contributed by atoms with Gasteiger partial charge in [0.15, 0.2) is 0 Å². The monoisotopic (exact) mass is 268 g/mol. The number of nitrogens with zero attached hydrogens (tertiary/aromatic N) is 1. The first-order valence-electron chi connectivity index (χ1n) is 6.05. The fraction of sp³-hybridized carbons (Fsp3) is 0.462. The van der Waals surface area contributed by atoms with Crippen LogP contribution in [0.3, 0.4) is 0 Å². The molecule has 1 aromatic rings. The molecule has 0 radical (unpaired) electrons. The Kier molecular flexibility index (Phi) is 4.22. The average Bonchev–Trinajstić information content (AvgIpc) is 2.33. The number of benzene rings is 1. The molecule has 2 N–H and O–H groups in total. The van der Waals surface area contributed by atoms with Crippen molar-refractivity contribution < 1.29 is 9.90 Å². The van der Waals surface area contributed by atoms with E-state index in [1.165, 1.54) is 0 Å². The van der Waals surface area contributed by atoms with Gasteiger partial charge < -0.3 is 15.3 Å². The summed E-state index contributed by atoms with van der Waals surface area (Å²) in [5.41, 5.74) is 1.88. The van der Waals surface area contributed by atoms with Gasteiger partial charge in [-0.2, -0.15) is 0 Å². The lowest BCUT2D eigenvalue weighted by Crippen LogP contribution is -2.55. The first-order valence-corrected chi connectivity index (χ1v) is 6.43. The number of piperazine rings is 1. The van der Waals surface area contributed by atoms with Crippen molar-refractivity contribution in [2.24, 2.45) is 0 Å². The standard InChI is InChI=1S/C13H17ClN2O2/c1-9-8-10(14)2-3-12(9)16-6-5-15-11(4-7-17)13(16)18/h2-3,8,11,15,17H,4-7H2,1H3. The molecule has 98 valence electrons. The molecular formula is C13H17ClN2O2. The third kappa shape index (κ3) is 2.66. The number of anilines is 1. The van der Waals surface area contributed by atoms with Crippen molar-refractivity contribution in [2.75, 3.05) is 24.6 Å². The first-order chi connectivity index (χ1) is 8.63. The summed E-state index contributed by atoms with van der Waals surface area (Å²) < 4.78 is 0. The second-order valence-electron chi connectivity index (χ2n) is 4.44. The summed E-state index contributed by atoms with van der Waals surface area (Å²) in [5.74, 6) is 0.0146. The molecule has 1 aliphatic heterocycles. The highest BCUT2D eigenvalue weighted by molar-refractivity contribution is 6.30. The minimum atomic E-state index is -0.293. The van der Waals surface area contributed by atoms with Crippen molar-refractivity contribution in [3.05, 3.63) is 28.8 Å². The lowest BCUT2D eigenvalue weighted by Gasteiger charge is -2.33. The quantitative estimate of drug-likeness (QED) is 0.870. The molecule has 0 bridgehead atoms. The summed E-state index contributed by atoms with van der Waals surface area (Å²) in [7, 11) is 0. The van der Waals surface area contributed by atoms with Gasteiger partial charge in [-0.05, 0) is 37.1 Å². The number of aliphatic hydroxyl groups is 1. The zero-order chi connectivity index (χ0) is 13.1. The Labute approximate surface area is 112 Å². The van der Waals surface area contributed by atoms with Crippen LogP contribution in [0.5, 0.6) is 0 Å². The number of carbonyl (C=O) groups is 1. The largest absolute Gasteiger partial charge is 0.396 e. The van der Waals surface area contributed by atoms with Crippen LogP contribution in [0, 0.1) is 6.92 Å². The summed E-state index contributed by atoms with van der Waals surface area (Å²) in [6, 6.07) is 5.23. The number of amides is 1. The van der Waals surface area contributed by atoms with E-state index in [2.05, 4.69) is 5.32 Å². The maximum Gasteiger partial charge on any atom is 0.244 e. The van der Waals surface area contributed by atoms with Gasteiger partial charge in [0.1, 0.15) is 0 Å². The fourth-order valence-electron chi connectivity index (χ4n) is 2.25. The van der Waals surface area contributed by atoms with Crippen LogP contribution in [0.4, 0.5) is 5.69 Å². The molecule has 0 saturated carbocycles. The van der Waals surface area contributed by atoms with E-state index < -0.39 is 0 Å². The predicted molar refractivity (Wildman–Crippen MR) is 72.0 cm³/mol. The second kappa shape index (κ2) is 5.69. The molecule has 0 spiro atoms. The molecular weight excluding hydrogens is 252 g/mol. The minimum absolute atomic E-state index is 0.0108. The predicted octanol–water partition coefficient (Wildman–Crippen LogP) is 1.34. The lowest BCUT2D eigenvalue weighted by atomic mass is 10.1. The number of nitrogens with one attached hydrogen (secondary N) is 1. The molecule has 2 rings (SSSR count). The number of halogens is 1. The zero-order valence-corrected chi connectivity index (χ0v) is 11.1. The van der Waals surface area contributed by atoms with Crippen LogP contribution in [-0.2, 0) is 4.79 Å². The Morgan fingerprint density at radius 3 is 3.00 bits per heavy atom. The SMILES string of the molecule is Cc1cc(Cl)ccc1N1CCNC(CCO)C1=O. The van der Waals surface area contributed by atoms with Gasteiger partial charge in [-0.15, -0.1) is 0 Å². The lowest BCUT2D eigenvalue weighted by molar-refractivity contribution is -0.122. The number of aliphatic hydroxyl groups excluding tert-OH is 1. The second-order valence-corrected chi connectivity index (χ2v) is 4.88. The van der Waals surface area contributed by atoms with E-state index in [1.807, 2.05) is 19.1 Å². The fourth-order valence-corrected chi connectivity index (χ4v) is 2.48. The highest BCUT2D eigenvalue weighted by atomic mass is 35.5. The van der Waals surface area contributed by atoms with E-state index in [0.29, 0.717) is 18.0 Å². The highest BCUT2D eigenvalue weighted by Gasteiger charge is 2.29. The van der Waals surface area contributed by atoms with Gasteiger partial charge in [-0.25, -0.2) is 0 Å². The smallest absolute Gasteiger partial charge is 0.244 e. The van der Waals surface area contributed by atoms with Crippen molar-refractivity contribution in [2.45, 2.75) is 19.4 Å². The third-order valence-electron chi connectivity index (χ3n) is 3.16. The molecule has 1 saturated heterocycles. The normalized spacial score (nSPS) is 20.3.